The highest BCUT2D eigenvalue weighted by Gasteiger charge is 2.30. The predicted molar refractivity (Wildman–Crippen MR) is 59.3 cm³/mol. The maximum absolute atomic E-state index is 12.0. The highest BCUT2D eigenvalue weighted by Crippen LogP contribution is 2.34. The first-order valence-electron chi connectivity index (χ1n) is 6.16. The van der Waals surface area contributed by atoms with Crippen molar-refractivity contribution >= 4 is 0 Å². The van der Waals surface area contributed by atoms with Gasteiger partial charge in [0, 0.05) is 12.5 Å². The molecule has 3 unspecified atom stereocenters. The normalized spacial score (nSPS) is 28.3. The fourth-order valence-electron chi connectivity index (χ4n) is 2.75. The van der Waals surface area contributed by atoms with Gasteiger partial charge in [0.2, 0.25) is 0 Å². The van der Waals surface area contributed by atoms with Crippen LogP contribution < -0.4 is 5.32 Å². The lowest BCUT2D eigenvalue weighted by Crippen LogP contribution is -2.32. The molecule has 1 aliphatic carbocycles. The Morgan fingerprint density at radius 3 is 2.44 bits per heavy atom. The van der Waals surface area contributed by atoms with Gasteiger partial charge in [-0.1, -0.05) is 13.3 Å². The molecule has 0 saturated heterocycles. The van der Waals surface area contributed by atoms with E-state index in [-0.39, 0.29) is 12.5 Å². The molecule has 1 rings (SSSR count). The molecule has 0 spiro atoms. The highest BCUT2D eigenvalue weighted by molar-refractivity contribution is 4.82. The molecule has 16 heavy (non-hydrogen) atoms. The van der Waals surface area contributed by atoms with Crippen molar-refractivity contribution in [2.75, 3.05) is 7.05 Å². The van der Waals surface area contributed by atoms with Gasteiger partial charge in [-0.3, -0.25) is 0 Å². The second-order valence-electron chi connectivity index (χ2n) is 5.08. The lowest BCUT2D eigenvalue weighted by atomic mass is 9.93. The molecule has 0 aromatic carbocycles. The van der Waals surface area contributed by atoms with Crippen molar-refractivity contribution < 1.29 is 13.2 Å². The van der Waals surface area contributed by atoms with Gasteiger partial charge in [0.05, 0.1) is 0 Å². The number of rotatable bonds is 5. The fourth-order valence-corrected chi connectivity index (χ4v) is 2.75. The van der Waals surface area contributed by atoms with Crippen LogP contribution in [0.5, 0.6) is 0 Å². The Bertz CT molecular complexity index is 203. The van der Waals surface area contributed by atoms with Crippen LogP contribution in [-0.2, 0) is 0 Å². The number of nitrogens with one attached hydrogen (secondary N) is 1. The molecular formula is C12H22F3N. The standard InChI is InChI=1S/C12H22F3N/c1-9-5-6-10(8-9)11(16-2)4-3-7-12(13,14)15/h9-11,16H,3-8H2,1-2H3. The fraction of sp³-hybridized carbons (Fsp3) is 1.00. The number of alkyl halides is 3. The zero-order valence-electron chi connectivity index (χ0n) is 10.1. The smallest absolute Gasteiger partial charge is 0.317 e. The molecule has 96 valence electrons. The van der Waals surface area contributed by atoms with Crippen LogP contribution in [-0.4, -0.2) is 19.3 Å². The zero-order valence-corrected chi connectivity index (χ0v) is 10.1. The molecule has 3 atom stereocenters. The topological polar surface area (TPSA) is 12.0 Å². The molecule has 0 amide bonds. The van der Waals surface area contributed by atoms with E-state index < -0.39 is 12.6 Å². The summed E-state index contributed by atoms with van der Waals surface area (Å²) in [5.41, 5.74) is 0. The minimum Gasteiger partial charge on any atom is -0.317 e. The molecule has 0 aromatic heterocycles. The largest absolute Gasteiger partial charge is 0.389 e. The van der Waals surface area contributed by atoms with Crippen LogP contribution in [0.4, 0.5) is 13.2 Å². The molecule has 1 N–H and O–H groups in total. The first-order valence-corrected chi connectivity index (χ1v) is 6.16. The number of hydrogen-bond acceptors (Lipinski definition) is 1. The van der Waals surface area contributed by atoms with Gasteiger partial charge in [-0.05, 0) is 44.6 Å². The van der Waals surface area contributed by atoms with Gasteiger partial charge in [0.15, 0.2) is 0 Å². The maximum atomic E-state index is 12.0. The molecular weight excluding hydrogens is 215 g/mol. The van der Waals surface area contributed by atoms with Crippen LogP contribution in [0.2, 0.25) is 0 Å². The second kappa shape index (κ2) is 5.89. The molecule has 0 aliphatic heterocycles. The van der Waals surface area contributed by atoms with E-state index in [9.17, 15) is 13.2 Å². The van der Waals surface area contributed by atoms with E-state index in [0.717, 1.165) is 12.3 Å². The van der Waals surface area contributed by atoms with E-state index in [1.54, 1.807) is 0 Å². The number of halogens is 3. The van der Waals surface area contributed by atoms with Crippen LogP contribution in [0, 0.1) is 11.8 Å². The van der Waals surface area contributed by atoms with Crippen molar-refractivity contribution in [2.24, 2.45) is 11.8 Å². The van der Waals surface area contributed by atoms with Crippen molar-refractivity contribution in [1.29, 1.82) is 0 Å². The van der Waals surface area contributed by atoms with Crippen molar-refractivity contribution in [3.05, 3.63) is 0 Å². The molecule has 1 fully saturated rings. The Hall–Kier alpha value is -0.250. The van der Waals surface area contributed by atoms with Gasteiger partial charge >= 0.3 is 6.18 Å². The van der Waals surface area contributed by atoms with Crippen LogP contribution >= 0.6 is 0 Å². The van der Waals surface area contributed by atoms with E-state index in [0.29, 0.717) is 12.3 Å². The van der Waals surface area contributed by atoms with Crippen molar-refractivity contribution in [3.63, 3.8) is 0 Å². The van der Waals surface area contributed by atoms with Crippen LogP contribution in [0.1, 0.15) is 45.4 Å². The SMILES string of the molecule is CNC(CCCC(F)(F)F)C1CCC(C)C1. The maximum Gasteiger partial charge on any atom is 0.389 e. The minimum atomic E-state index is -4.00. The van der Waals surface area contributed by atoms with Gasteiger partial charge < -0.3 is 5.32 Å². The second-order valence-corrected chi connectivity index (χ2v) is 5.08. The Morgan fingerprint density at radius 2 is 2.00 bits per heavy atom. The molecule has 0 radical (unpaired) electrons. The molecule has 0 aromatic rings. The third kappa shape index (κ3) is 4.73. The Labute approximate surface area is 95.8 Å². The summed E-state index contributed by atoms with van der Waals surface area (Å²) in [6, 6.07) is 0.271. The van der Waals surface area contributed by atoms with E-state index >= 15 is 0 Å². The average molecular weight is 237 g/mol. The van der Waals surface area contributed by atoms with E-state index in [1.165, 1.54) is 12.8 Å². The third-order valence-electron chi connectivity index (χ3n) is 3.65. The van der Waals surface area contributed by atoms with Crippen LogP contribution in [0.25, 0.3) is 0 Å². The van der Waals surface area contributed by atoms with E-state index in [2.05, 4.69) is 12.2 Å². The van der Waals surface area contributed by atoms with Crippen molar-refractivity contribution in [3.8, 4) is 0 Å². The predicted octanol–water partition coefficient (Wildman–Crippen LogP) is 3.74. The van der Waals surface area contributed by atoms with Crippen molar-refractivity contribution in [1.82, 2.24) is 5.32 Å². The first kappa shape index (κ1) is 13.8. The van der Waals surface area contributed by atoms with Crippen LogP contribution in [0.15, 0.2) is 0 Å². The Kier molecular flexibility index (Phi) is 5.09. The summed E-state index contributed by atoms with van der Waals surface area (Å²) in [6.07, 6.45) is -0.194. The van der Waals surface area contributed by atoms with Crippen molar-refractivity contribution in [2.45, 2.75) is 57.7 Å². The zero-order chi connectivity index (χ0) is 12.2. The quantitative estimate of drug-likeness (QED) is 0.768. The molecule has 1 nitrogen and oxygen atoms in total. The first-order chi connectivity index (χ1) is 7.42. The van der Waals surface area contributed by atoms with Crippen LogP contribution in [0.3, 0.4) is 0 Å². The summed E-state index contributed by atoms with van der Waals surface area (Å²) in [6.45, 7) is 2.22. The Balaban J connectivity index is 2.27. The number of hydrogen-bond donors (Lipinski definition) is 1. The summed E-state index contributed by atoms with van der Waals surface area (Å²) in [7, 11) is 1.86. The molecule has 0 heterocycles. The van der Waals surface area contributed by atoms with Gasteiger partial charge in [0.25, 0.3) is 0 Å². The third-order valence-corrected chi connectivity index (χ3v) is 3.65. The van der Waals surface area contributed by atoms with Gasteiger partial charge in [-0.25, -0.2) is 0 Å². The highest BCUT2D eigenvalue weighted by atomic mass is 19.4. The van der Waals surface area contributed by atoms with E-state index in [4.69, 9.17) is 0 Å². The lowest BCUT2D eigenvalue weighted by Gasteiger charge is -2.23. The van der Waals surface area contributed by atoms with Gasteiger partial charge in [0.1, 0.15) is 0 Å². The summed E-state index contributed by atoms with van der Waals surface area (Å²) in [5, 5.41) is 3.18. The van der Waals surface area contributed by atoms with Gasteiger partial charge in [-0.2, -0.15) is 13.2 Å². The summed E-state index contributed by atoms with van der Waals surface area (Å²) < 4.78 is 36.1. The molecule has 4 heteroatoms. The summed E-state index contributed by atoms with van der Waals surface area (Å²) in [5.74, 6) is 1.32. The monoisotopic (exact) mass is 237 g/mol. The molecule has 1 aliphatic rings. The van der Waals surface area contributed by atoms with Gasteiger partial charge in [-0.15, -0.1) is 0 Å². The molecule has 1 saturated carbocycles. The molecule has 0 bridgehead atoms. The summed E-state index contributed by atoms with van der Waals surface area (Å²) >= 11 is 0. The average Bonchev–Trinajstić information content (AvgIpc) is 2.58. The Morgan fingerprint density at radius 1 is 1.31 bits per heavy atom. The van der Waals surface area contributed by atoms with E-state index in [1.807, 2.05) is 7.05 Å². The minimum absolute atomic E-state index is 0.250. The lowest BCUT2D eigenvalue weighted by molar-refractivity contribution is -0.136. The summed E-state index contributed by atoms with van der Waals surface area (Å²) in [4.78, 5) is 0.